The van der Waals surface area contributed by atoms with Gasteiger partial charge in [-0.15, -0.1) is 0 Å². The molecule has 0 aliphatic heterocycles. The van der Waals surface area contributed by atoms with Gasteiger partial charge in [-0.05, 0) is 29.3 Å². The van der Waals surface area contributed by atoms with Gasteiger partial charge in [0.25, 0.3) is 0 Å². The number of hydrogen-bond donors (Lipinski definition) is 1. The molecule has 144 valence electrons. The zero-order chi connectivity index (χ0) is 19.9. The summed E-state index contributed by atoms with van der Waals surface area (Å²) in [6.45, 7) is -1.04. The number of sulfonamides is 1. The first kappa shape index (κ1) is 20.7. The molecule has 0 unspecified atom stereocenters. The lowest BCUT2D eigenvalue weighted by molar-refractivity contribution is -0.143. The Morgan fingerprint density at radius 3 is 2.44 bits per heavy atom. The van der Waals surface area contributed by atoms with Gasteiger partial charge in [-0.3, -0.25) is 4.79 Å². The van der Waals surface area contributed by atoms with E-state index in [4.69, 9.17) is 4.74 Å². The van der Waals surface area contributed by atoms with Crippen LogP contribution >= 0.6 is 0 Å². The number of ether oxygens (including phenoxy) is 1. The molecule has 0 aliphatic carbocycles. The summed E-state index contributed by atoms with van der Waals surface area (Å²) in [6, 6.07) is 13.0. The molecule has 9 heteroatoms. The average molecular weight is 399 g/mol. The number of hydrogen-bond acceptors (Lipinski definition) is 4. The van der Waals surface area contributed by atoms with Crippen LogP contribution in [0.25, 0.3) is 6.08 Å². The second-order valence-corrected chi connectivity index (χ2v) is 7.09. The summed E-state index contributed by atoms with van der Waals surface area (Å²) in [6.07, 6.45) is -3.14. The van der Waals surface area contributed by atoms with Crippen LogP contribution in [0, 0.1) is 0 Å². The molecule has 0 atom stereocenters. The minimum atomic E-state index is -4.50. The molecular formula is C18H16F3NO4S. The van der Waals surface area contributed by atoms with Crippen LogP contribution in [0.3, 0.4) is 0 Å². The highest BCUT2D eigenvalue weighted by Gasteiger charge is 2.30. The third kappa shape index (κ3) is 7.24. The number of halogens is 3. The van der Waals surface area contributed by atoms with Crippen LogP contribution in [-0.2, 0) is 32.3 Å². The molecule has 0 fully saturated rings. The molecule has 0 saturated carbocycles. The second kappa shape index (κ2) is 8.83. The highest BCUT2D eigenvalue weighted by atomic mass is 32.2. The lowest BCUT2D eigenvalue weighted by Crippen LogP contribution is -2.29. The fourth-order valence-electron chi connectivity index (χ4n) is 1.99. The third-order valence-corrected chi connectivity index (χ3v) is 4.35. The first-order chi connectivity index (χ1) is 12.7. The van der Waals surface area contributed by atoms with Crippen molar-refractivity contribution in [1.29, 1.82) is 0 Å². The molecule has 0 amide bonds. The van der Waals surface area contributed by atoms with E-state index in [-0.39, 0.29) is 5.56 Å². The quantitative estimate of drug-likeness (QED) is 0.725. The Hall–Kier alpha value is -2.65. The van der Waals surface area contributed by atoms with Gasteiger partial charge >= 0.3 is 12.1 Å². The Labute approximate surface area is 154 Å². The summed E-state index contributed by atoms with van der Waals surface area (Å²) < 4.78 is 68.3. The predicted molar refractivity (Wildman–Crippen MR) is 93.6 cm³/mol. The number of alkyl halides is 3. The summed E-state index contributed by atoms with van der Waals surface area (Å²) in [5.74, 6) is -0.913. The van der Waals surface area contributed by atoms with E-state index in [0.29, 0.717) is 5.56 Å². The molecule has 0 saturated heterocycles. The lowest BCUT2D eigenvalue weighted by atomic mass is 10.1. The molecule has 2 aromatic carbocycles. The number of esters is 1. The van der Waals surface area contributed by atoms with Gasteiger partial charge in [0.15, 0.2) is 0 Å². The predicted octanol–water partition coefficient (Wildman–Crippen LogP) is 3.34. The van der Waals surface area contributed by atoms with E-state index >= 15 is 0 Å². The Bertz CT molecular complexity index is 910. The van der Waals surface area contributed by atoms with Crippen molar-refractivity contribution in [3.8, 4) is 0 Å². The van der Waals surface area contributed by atoms with Gasteiger partial charge in [0.05, 0.1) is 5.56 Å². The molecule has 2 aromatic rings. The molecule has 5 nitrogen and oxygen atoms in total. The van der Waals surface area contributed by atoms with Gasteiger partial charge in [0, 0.05) is 5.41 Å². The van der Waals surface area contributed by atoms with Crippen LogP contribution in [0.15, 0.2) is 60.0 Å². The van der Waals surface area contributed by atoms with E-state index in [1.165, 1.54) is 18.2 Å². The summed E-state index contributed by atoms with van der Waals surface area (Å²) in [4.78, 5) is 11.6. The maximum Gasteiger partial charge on any atom is 0.416 e. The second-order valence-electron chi connectivity index (χ2n) is 5.44. The molecule has 0 radical (unpaired) electrons. The molecule has 0 spiro atoms. The van der Waals surface area contributed by atoms with Gasteiger partial charge in [0.2, 0.25) is 10.0 Å². The monoisotopic (exact) mass is 399 g/mol. The average Bonchev–Trinajstić information content (AvgIpc) is 2.64. The van der Waals surface area contributed by atoms with Crippen molar-refractivity contribution in [2.75, 3.05) is 6.54 Å². The van der Waals surface area contributed by atoms with Gasteiger partial charge < -0.3 is 4.74 Å². The highest BCUT2D eigenvalue weighted by Crippen LogP contribution is 2.29. The van der Waals surface area contributed by atoms with E-state index in [1.807, 2.05) is 4.72 Å². The fourth-order valence-corrected chi connectivity index (χ4v) is 2.74. The first-order valence-corrected chi connectivity index (χ1v) is 9.25. The molecular weight excluding hydrogens is 383 g/mol. The Morgan fingerprint density at radius 2 is 1.78 bits per heavy atom. The van der Waals surface area contributed by atoms with Crippen molar-refractivity contribution in [2.45, 2.75) is 12.8 Å². The van der Waals surface area contributed by atoms with Crippen LogP contribution in [0.2, 0.25) is 0 Å². The van der Waals surface area contributed by atoms with Crippen molar-refractivity contribution >= 4 is 22.1 Å². The van der Waals surface area contributed by atoms with Crippen LogP contribution in [0.4, 0.5) is 13.2 Å². The number of carbonyl (C=O) groups excluding carboxylic acids is 1. The maximum absolute atomic E-state index is 12.6. The zero-order valence-electron chi connectivity index (χ0n) is 13.9. The van der Waals surface area contributed by atoms with Gasteiger partial charge in [-0.25, -0.2) is 13.1 Å². The van der Waals surface area contributed by atoms with Gasteiger partial charge in [-0.2, -0.15) is 13.2 Å². The number of nitrogens with one attached hydrogen (secondary N) is 1. The number of rotatable bonds is 7. The Kier molecular flexibility index (Phi) is 6.75. The topological polar surface area (TPSA) is 72.5 Å². The largest absolute Gasteiger partial charge is 0.460 e. The standard InChI is InChI=1S/C18H16F3NO4S/c19-18(20,21)16-8-4-7-15(11-16)13-26-17(23)12-22-27(24,25)10-9-14-5-2-1-3-6-14/h1-11,22H,12-13H2/b10-9+. The molecule has 0 aromatic heterocycles. The molecule has 2 rings (SSSR count). The molecule has 27 heavy (non-hydrogen) atoms. The van der Waals surface area contributed by atoms with Crippen molar-refractivity contribution in [1.82, 2.24) is 4.72 Å². The minimum Gasteiger partial charge on any atom is -0.460 e. The Balaban J connectivity index is 1.85. The lowest BCUT2D eigenvalue weighted by Gasteiger charge is -2.09. The minimum absolute atomic E-state index is 0.144. The van der Waals surface area contributed by atoms with E-state index in [0.717, 1.165) is 17.5 Å². The first-order valence-electron chi connectivity index (χ1n) is 7.70. The van der Waals surface area contributed by atoms with Crippen LogP contribution in [-0.4, -0.2) is 20.9 Å². The van der Waals surface area contributed by atoms with Crippen molar-refractivity contribution in [3.63, 3.8) is 0 Å². The van der Waals surface area contributed by atoms with E-state index in [1.54, 1.807) is 30.3 Å². The van der Waals surface area contributed by atoms with Gasteiger partial charge in [-0.1, -0.05) is 42.5 Å². The van der Waals surface area contributed by atoms with Crippen molar-refractivity contribution < 1.29 is 31.1 Å². The molecule has 0 aliphatic rings. The molecule has 0 heterocycles. The van der Waals surface area contributed by atoms with E-state index in [9.17, 15) is 26.4 Å². The summed E-state index contributed by atoms with van der Waals surface area (Å²) in [7, 11) is -3.86. The van der Waals surface area contributed by atoms with E-state index < -0.39 is 40.9 Å². The Morgan fingerprint density at radius 1 is 1.07 bits per heavy atom. The molecule has 1 N–H and O–H groups in total. The van der Waals surface area contributed by atoms with Crippen LogP contribution in [0.5, 0.6) is 0 Å². The number of benzene rings is 2. The van der Waals surface area contributed by atoms with Crippen molar-refractivity contribution in [2.24, 2.45) is 0 Å². The van der Waals surface area contributed by atoms with E-state index in [2.05, 4.69) is 0 Å². The van der Waals surface area contributed by atoms with Crippen molar-refractivity contribution in [3.05, 3.63) is 76.7 Å². The maximum atomic E-state index is 12.6. The zero-order valence-corrected chi connectivity index (χ0v) is 14.8. The van der Waals surface area contributed by atoms with Crippen LogP contribution in [0.1, 0.15) is 16.7 Å². The fraction of sp³-hybridized carbons (Fsp3) is 0.167. The smallest absolute Gasteiger partial charge is 0.416 e. The number of carbonyl (C=O) groups is 1. The molecule has 0 bridgehead atoms. The normalized spacial score (nSPS) is 12.3. The SMILES string of the molecule is O=C(CNS(=O)(=O)/C=C/c1ccccc1)OCc1cccc(C(F)(F)F)c1. The third-order valence-electron chi connectivity index (χ3n) is 3.31. The highest BCUT2D eigenvalue weighted by molar-refractivity contribution is 7.92. The van der Waals surface area contributed by atoms with Gasteiger partial charge in [0.1, 0.15) is 13.2 Å². The summed E-state index contributed by atoms with van der Waals surface area (Å²) in [5.41, 5.74) is -0.0530. The van der Waals surface area contributed by atoms with Crippen LogP contribution < -0.4 is 4.72 Å². The summed E-state index contributed by atoms with van der Waals surface area (Å²) in [5, 5.41) is 0.905. The summed E-state index contributed by atoms with van der Waals surface area (Å²) >= 11 is 0.